The van der Waals surface area contributed by atoms with Gasteiger partial charge in [0.15, 0.2) is 0 Å². The molecule has 1 N–H and O–H groups in total. The summed E-state index contributed by atoms with van der Waals surface area (Å²) in [7, 11) is 0. The zero-order chi connectivity index (χ0) is 31.2. The lowest BCUT2D eigenvalue weighted by molar-refractivity contribution is -0.120. The van der Waals surface area contributed by atoms with Gasteiger partial charge in [-0.05, 0) is 85.0 Å². The molecular weight excluding hydrogens is 532 g/mol. The monoisotopic (exact) mass is 582 g/mol. The van der Waals surface area contributed by atoms with Crippen LogP contribution in [0.5, 0.6) is 11.5 Å². The van der Waals surface area contributed by atoms with Gasteiger partial charge < -0.3 is 14.7 Å². The Bertz CT molecular complexity index is 1480. The quantitative estimate of drug-likeness (QED) is 0.293. The van der Waals surface area contributed by atoms with Crippen molar-refractivity contribution in [1.29, 1.82) is 0 Å². The average Bonchev–Trinajstić information content (AvgIpc) is 3.46. The van der Waals surface area contributed by atoms with Gasteiger partial charge in [-0.1, -0.05) is 78.8 Å². The van der Waals surface area contributed by atoms with Crippen LogP contribution < -0.4 is 9.64 Å². The molecule has 2 aliphatic heterocycles. The summed E-state index contributed by atoms with van der Waals surface area (Å²) in [6, 6.07) is 20.8. The first-order valence-corrected chi connectivity index (χ1v) is 16.1. The summed E-state index contributed by atoms with van der Waals surface area (Å²) in [6.07, 6.45) is 3.26. The van der Waals surface area contributed by atoms with Gasteiger partial charge in [0.1, 0.15) is 23.5 Å². The Labute approximate surface area is 258 Å². The first-order chi connectivity index (χ1) is 20.3. The number of hydrogen-bond donors (Lipinski definition) is 1. The van der Waals surface area contributed by atoms with E-state index in [4.69, 9.17) is 4.74 Å². The first-order valence-electron chi connectivity index (χ1n) is 16.1. The van der Waals surface area contributed by atoms with E-state index in [0.29, 0.717) is 30.5 Å². The van der Waals surface area contributed by atoms with Gasteiger partial charge >= 0.3 is 0 Å². The highest BCUT2D eigenvalue weighted by molar-refractivity contribution is 6.13. The lowest BCUT2D eigenvalue weighted by Gasteiger charge is -2.35. The maximum absolute atomic E-state index is 15.2. The summed E-state index contributed by atoms with van der Waals surface area (Å²) < 4.78 is 6.68. The number of ether oxygens (including phenoxy) is 1. The molecule has 0 aliphatic carbocycles. The Morgan fingerprint density at radius 3 is 2.16 bits per heavy atom. The van der Waals surface area contributed by atoms with Crippen LogP contribution >= 0.6 is 0 Å². The zero-order valence-corrected chi connectivity index (χ0v) is 27.5. The summed E-state index contributed by atoms with van der Waals surface area (Å²) in [5, 5.41) is 11.7. The molecule has 1 amide bonds. The molecule has 2 aliphatic rings. The van der Waals surface area contributed by atoms with Gasteiger partial charge in [-0.15, -0.1) is 0 Å². The highest BCUT2D eigenvalue weighted by atomic mass is 16.5. The molecule has 3 aromatic carbocycles. The lowest BCUT2D eigenvalue weighted by Crippen LogP contribution is -2.43. The molecule has 0 aromatic heterocycles. The van der Waals surface area contributed by atoms with Crippen LogP contribution in [0, 0.1) is 0 Å². The Hall–Kier alpha value is -3.31. The summed E-state index contributed by atoms with van der Waals surface area (Å²) in [4.78, 5) is 19.6. The van der Waals surface area contributed by atoms with Crippen LogP contribution in [0.3, 0.4) is 0 Å². The minimum atomic E-state index is -1.27. The Balaban J connectivity index is 1.80. The molecule has 0 saturated carbocycles. The fourth-order valence-corrected chi connectivity index (χ4v) is 6.88. The van der Waals surface area contributed by atoms with E-state index in [9.17, 15) is 5.11 Å². The summed E-state index contributed by atoms with van der Waals surface area (Å²) in [5.41, 5.74) is 3.78. The maximum Gasteiger partial charge on any atom is 0.247 e. The molecular formula is C38H50N2O3. The fourth-order valence-electron chi connectivity index (χ4n) is 6.88. The normalized spacial score (nSPS) is 21.0. The number of carbonyl (C=O) groups excluding carboxylic acids is 1. The third kappa shape index (κ3) is 5.57. The number of benzene rings is 3. The molecule has 1 fully saturated rings. The maximum atomic E-state index is 15.2. The van der Waals surface area contributed by atoms with Gasteiger partial charge in [-0.3, -0.25) is 9.69 Å². The highest BCUT2D eigenvalue weighted by Gasteiger charge is 2.56. The van der Waals surface area contributed by atoms with Crippen LogP contribution in [0.25, 0.3) is 0 Å². The second-order valence-corrected chi connectivity index (χ2v) is 14.5. The topological polar surface area (TPSA) is 53.0 Å². The second kappa shape index (κ2) is 11.6. The van der Waals surface area contributed by atoms with Crippen LogP contribution in [-0.2, 0) is 21.0 Å². The molecule has 43 heavy (non-hydrogen) atoms. The number of phenols is 1. The molecule has 0 bridgehead atoms. The lowest BCUT2D eigenvalue weighted by atomic mass is 9.67. The number of anilines is 1. The first kappa shape index (κ1) is 31.1. The predicted octanol–water partition coefficient (Wildman–Crippen LogP) is 7.94. The van der Waals surface area contributed by atoms with E-state index in [1.54, 1.807) is 6.07 Å². The van der Waals surface area contributed by atoms with Crippen molar-refractivity contribution in [1.82, 2.24) is 4.90 Å². The van der Waals surface area contributed by atoms with Gasteiger partial charge in [-0.2, -0.15) is 0 Å². The van der Waals surface area contributed by atoms with Gasteiger partial charge in [-0.25, -0.2) is 0 Å². The molecule has 5 heteroatoms. The summed E-state index contributed by atoms with van der Waals surface area (Å²) in [6.45, 7) is 20.5. The van der Waals surface area contributed by atoms with Crippen LogP contribution in [0.2, 0.25) is 0 Å². The van der Waals surface area contributed by atoms with Crippen LogP contribution in [0.15, 0.2) is 60.7 Å². The SMILES string of the molecule is CCCN1C(=O)C(c2cc(C(C)(C)C)ccc2O)(c2cc(C(C)(C)C)ccc2OCCN2CCCC2C)c2ccccc21. The fraction of sp³-hybridized carbons (Fsp3) is 0.500. The second-order valence-electron chi connectivity index (χ2n) is 14.5. The van der Waals surface area contributed by atoms with Crippen LogP contribution in [0.1, 0.15) is 102 Å². The van der Waals surface area contributed by atoms with Crippen molar-refractivity contribution in [2.75, 3.05) is 31.1 Å². The third-order valence-electron chi connectivity index (χ3n) is 9.45. The smallest absolute Gasteiger partial charge is 0.247 e. The van der Waals surface area contributed by atoms with E-state index < -0.39 is 5.41 Å². The molecule has 0 spiro atoms. The number of likely N-dealkylation sites (tertiary alicyclic amines) is 1. The number of nitrogens with zero attached hydrogens (tertiary/aromatic N) is 2. The highest BCUT2D eigenvalue weighted by Crippen LogP contribution is 2.55. The van der Waals surface area contributed by atoms with Crippen molar-refractivity contribution in [3.05, 3.63) is 88.5 Å². The summed E-state index contributed by atoms with van der Waals surface area (Å²) in [5.74, 6) is 0.774. The number of amides is 1. The van der Waals surface area contributed by atoms with Crippen molar-refractivity contribution in [3.8, 4) is 11.5 Å². The molecule has 230 valence electrons. The van der Waals surface area contributed by atoms with E-state index in [1.165, 1.54) is 12.8 Å². The zero-order valence-electron chi connectivity index (χ0n) is 27.5. The van der Waals surface area contributed by atoms with E-state index in [-0.39, 0.29) is 22.5 Å². The van der Waals surface area contributed by atoms with Crippen LogP contribution in [-0.4, -0.2) is 48.2 Å². The van der Waals surface area contributed by atoms with E-state index >= 15 is 4.79 Å². The van der Waals surface area contributed by atoms with E-state index in [1.807, 2.05) is 35.2 Å². The molecule has 3 aromatic rings. The molecule has 2 atom stereocenters. The number of aromatic hydroxyl groups is 1. The predicted molar refractivity (Wildman–Crippen MR) is 177 cm³/mol. The minimum absolute atomic E-state index is 0.0408. The molecule has 2 heterocycles. The summed E-state index contributed by atoms with van der Waals surface area (Å²) >= 11 is 0. The van der Waals surface area contributed by atoms with Gasteiger partial charge in [0.2, 0.25) is 5.91 Å². The molecule has 2 unspecified atom stereocenters. The Kier molecular flexibility index (Phi) is 8.43. The molecule has 0 radical (unpaired) electrons. The van der Waals surface area contributed by atoms with Crippen LogP contribution in [0.4, 0.5) is 5.69 Å². The number of rotatable bonds is 8. The van der Waals surface area contributed by atoms with Gasteiger partial charge in [0.05, 0.1) is 0 Å². The van der Waals surface area contributed by atoms with Crippen molar-refractivity contribution in [2.45, 2.75) is 96.9 Å². The Morgan fingerprint density at radius 1 is 0.884 bits per heavy atom. The van der Waals surface area contributed by atoms with Crippen molar-refractivity contribution in [2.24, 2.45) is 0 Å². The standard InChI is InChI=1S/C38H50N2O3/c1-9-20-40-32-15-11-10-14-29(32)38(35(40)42,30-24-27(36(3,4)5)16-18-33(30)41)31-25-28(37(6,7)8)17-19-34(31)43-23-22-39-21-12-13-26(39)2/h10-11,14-19,24-26,41H,9,12-13,20-23H2,1-8H3. The van der Waals surface area contributed by atoms with Crippen molar-refractivity contribution < 1.29 is 14.6 Å². The Morgan fingerprint density at radius 2 is 1.53 bits per heavy atom. The number of phenolic OH excluding ortho intramolecular Hbond substituents is 1. The number of fused-ring (bicyclic) bond motifs is 1. The number of carbonyl (C=O) groups is 1. The number of hydrogen-bond acceptors (Lipinski definition) is 4. The van der Waals surface area contributed by atoms with E-state index in [0.717, 1.165) is 47.5 Å². The molecule has 5 rings (SSSR count). The van der Waals surface area contributed by atoms with Crippen molar-refractivity contribution >= 4 is 11.6 Å². The minimum Gasteiger partial charge on any atom is -0.508 e. The number of para-hydroxylation sites is 1. The molecule has 5 nitrogen and oxygen atoms in total. The van der Waals surface area contributed by atoms with Crippen molar-refractivity contribution in [3.63, 3.8) is 0 Å². The third-order valence-corrected chi connectivity index (χ3v) is 9.45. The van der Waals surface area contributed by atoms with E-state index in [2.05, 4.69) is 84.6 Å². The van der Waals surface area contributed by atoms with Gasteiger partial charge in [0, 0.05) is 41.5 Å². The van der Waals surface area contributed by atoms with Gasteiger partial charge in [0.25, 0.3) is 0 Å². The average molecular weight is 583 g/mol. The largest absolute Gasteiger partial charge is 0.508 e. The molecule has 1 saturated heterocycles.